The fraction of sp³-hybridized carbons (Fsp3) is 0.444. The van der Waals surface area contributed by atoms with Gasteiger partial charge in [0.05, 0.1) is 7.11 Å². The van der Waals surface area contributed by atoms with E-state index in [1.165, 1.54) is 6.20 Å². The van der Waals surface area contributed by atoms with Crippen molar-refractivity contribution in [2.24, 2.45) is 0 Å². The van der Waals surface area contributed by atoms with E-state index in [1.807, 2.05) is 30.3 Å². The number of nitrogens with zero attached hydrogens (tertiary/aromatic N) is 2. The first-order valence-corrected chi connectivity index (χ1v) is 8.41. The summed E-state index contributed by atoms with van der Waals surface area (Å²) >= 11 is 0. The highest BCUT2D eigenvalue weighted by molar-refractivity contribution is 5.97. The normalized spacial score (nSPS) is 15.3. The number of carbonyl (C=O) groups is 1. The van der Waals surface area contributed by atoms with E-state index in [1.54, 1.807) is 7.11 Å². The number of piperazine rings is 1. The van der Waals surface area contributed by atoms with Gasteiger partial charge in [-0.3, -0.25) is 9.69 Å². The van der Waals surface area contributed by atoms with Crippen molar-refractivity contribution in [2.45, 2.75) is 6.54 Å². The fourth-order valence-electron chi connectivity index (χ4n) is 2.50. The summed E-state index contributed by atoms with van der Waals surface area (Å²) in [5, 5.41) is 18.3. The molecule has 2 rings (SSSR count). The van der Waals surface area contributed by atoms with Crippen LogP contribution in [0, 0.1) is 11.3 Å². The number of hydrogen-bond acceptors (Lipinski definition) is 6. The van der Waals surface area contributed by atoms with Gasteiger partial charge in [0.15, 0.2) is 0 Å². The molecular formula is C18H25N5O2. The van der Waals surface area contributed by atoms with E-state index in [9.17, 15) is 4.79 Å². The van der Waals surface area contributed by atoms with Crippen LogP contribution in [0.1, 0.15) is 5.56 Å². The summed E-state index contributed by atoms with van der Waals surface area (Å²) in [4.78, 5) is 14.4. The monoisotopic (exact) mass is 343 g/mol. The zero-order chi connectivity index (χ0) is 17.9. The molecule has 0 unspecified atom stereocenters. The number of rotatable bonds is 8. The molecule has 1 aromatic rings. The van der Waals surface area contributed by atoms with Crippen LogP contribution < -0.4 is 20.7 Å². The molecule has 134 valence electrons. The van der Waals surface area contributed by atoms with Crippen molar-refractivity contribution in [3.05, 3.63) is 41.6 Å². The number of carbonyl (C=O) groups excluding carboxylic acids is 1. The molecular weight excluding hydrogens is 318 g/mol. The lowest BCUT2D eigenvalue weighted by atomic mass is 10.2. The van der Waals surface area contributed by atoms with Crippen molar-refractivity contribution < 1.29 is 9.53 Å². The van der Waals surface area contributed by atoms with Gasteiger partial charge in [0.1, 0.15) is 17.4 Å². The fourth-order valence-corrected chi connectivity index (χ4v) is 2.50. The maximum atomic E-state index is 12.1. The lowest BCUT2D eigenvalue weighted by molar-refractivity contribution is -0.117. The van der Waals surface area contributed by atoms with Gasteiger partial charge in [0.25, 0.3) is 5.91 Å². The molecule has 3 N–H and O–H groups in total. The van der Waals surface area contributed by atoms with Gasteiger partial charge >= 0.3 is 0 Å². The molecule has 0 aromatic heterocycles. The molecule has 0 atom stereocenters. The first-order valence-electron chi connectivity index (χ1n) is 8.41. The van der Waals surface area contributed by atoms with Crippen molar-refractivity contribution in [1.82, 2.24) is 20.9 Å². The molecule has 0 bridgehead atoms. The zero-order valence-corrected chi connectivity index (χ0v) is 14.5. The Labute approximate surface area is 148 Å². The molecule has 1 amide bonds. The highest BCUT2D eigenvalue weighted by Crippen LogP contribution is 2.11. The molecule has 0 saturated carbocycles. The lowest BCUT2D eigenvalue weighted by Gasteiger charge is -2.26. The highest BCUT2D eigenvalue weighted by atomic mass is 16.5. The molecule has 7 heteroatoms. The molecule has 1 aliphatic heterocycles. The Bertz CT molecular complexity index is 615. The predicted octanol–water partition coefficient (Wildman–Crippen LogP) is 0.214. The summed E-state index contributed by atoms with van der Waals surface area (Å²) in [5.41, 5.74) is 1.02. The summed E-state index contributed by atoms with van der Waals surface area (Å²) in [5.74, 6) is 0.384. The number of hydrogen-bond donors (Lipinski definition) is 3. The average molecular weight is 343 g/mol. The van der Waals surface area contributed by atoms with Gasteiger partial charge in [0, 0.05) is 52.0 Å². The first kappa shape index (κ1) is 18.8. The van der Waals surface area contributed by atoms with Crippen molar-refractivity contribution >= 4 is 5.91 Å². The van der Waals surface area contributed by atoms with Crippen LogP contribution in [0.15, 0.2) is 36.0 Å². The van der Waals surface area contributed by atoms with E-state index < -0.39 is 0 Å². The third-order valence-corrected chi connectivity index (χ3v) is 4.01. The van der Waals surface area contributed by atoms with Crippen LogP contribution in [-0.4, -0.2) is 57.2 Å². The molecule has 0 radical (unpaired) electrons. The lowest BCUT2D eigenvalue weighted by Crippen LogP contribution is -2.45. The SMILES string of the molecule is COc1ccc(CNC(=O)/C(C#N)=C\NCCN2CCNCC2)cc1. The zero-order valence-electron chi connectivity index (χ0n) is 14.5. The second-order valence-corrected chi connectivity index (χ2v) is 5.75. The van der Waals surface area contributed by atoms with Gasteiger partial charge in [-0.1, -0.05) is 12.1 Å². The molecule has 0 spiro atoms. The molecule has 7 nitrogen and oxygen atoms in total. The van der Waals surface area contributed by atoms with Gasteiger partial charge in [-0.25, -0.2) is 0 Å². The maximum absolute atomic E-state index is 12.1. The van der Waals surface area contributed by atoms with Crippen LogP contribution in [0.5, 0.6) is 5.75 Å². The van der Waals surface area contributed by atoms with Crippen molar-refractivity contribution in [1.29, 1.82) is 5.26 Å². The van der Waals surface area contributed by atoms with Crippen LogP contribution >= 0.6 is 0 Å². The minimum Gasteiger partial charge on any atom is -0.497 e. The van der Waals surface area contributed by atoms with Gasteiger partial charge in [-0.15, -0.1) is 0 Å². The Hall–Kier alpha value is -2.56. The van der Waals surface area contributed by atoms with Crippen LogP contribution in [-0.2, 0) is 11.3 Å². The number of methoxy groups -OCH3 is 1. The third-order valence-electron chi connectivity index (χ3n) is 4.01. The van der Waals surface area contributed by atoms with E-state index in [0.717, 1.165) is 44.0 Å². The van der Waals surface area contributed by atoms with E-state index >= 15 is 0 Å². The Morgan fingerprint density at radius 2 is 2.08 bits per heavy atom. The smallest absolute Gasteiger partial charge is 0.263 e. The summed E-state index contributed by atoms with van der Waals surface area (Å²) in [7, 11) is 1.61. The second kappa shape index (κ2) is 10.3. The van der Waals surface area contributed by atoms with Gasteiger partial charge in [0.2, 0.25) is 0 Å². The average Bonchev–Trinajstić information content (AvgIpc) is 2.67. The first-order chi connectivity index (χ1) is 12.2. The van der Waals surface area contributed by atoms with E-state index in [-0.39, 0.29) is 11.5 Å². The standard InChI is InChI=1S/C18H25N5O2/c1-25-17-4-2-15(3-5-17)13-22-18(24)16(12-19)14-21-8-11-23-9-6-20-7-10-23/h2-5,14,20-21H,6-11,13H2,1H3,(H,22,24)/b16-14-. The molecule has 1 aliphatic rings. The van der Waals surface area contributed by atoms with Crippen LogP contribution in [0.3, 0.4) is 0 Å². The minimum atomic E-state index is -0.381. The Morgan fingerprint density at radius 1 is 1.36 bits per heavy atom. The number of nitriles is 1. The summed E-state index contributed by atoms with van der Waals surface area (Å²) in [6.45, 7) is 6.03. The van der Waals surface area contributed by atoms with E-state index in [2.05, 4.69) is 20.9 Å². The molecule has 1 heterocycles. The van der Waals surface area contributed by atoms with Crippen molar-refractivity contribution in [3.63, 3.8) is 0 Å². The van der Waals surface area contributed by atoms with E-state index in [0.29, 0.717) is 13.1 Å². The quantitative estimate of drug-likeness (QED) is 0.355. The van der Waals surface area contributed by atoms with Gasteiger partial charge in [-0.05, 0) is 17.7 Å². The number of amides is 1. The molecule has 25 heavy (non-hydrogen) atoms. The molecule has 1 fully saturated rings. The van der Waals surface area contributed by atoms with Gasteiger partial charge < -0.3 is 20.7 Å². The predicted molar refractivity (Wildman–Crippen MR) is 95.8 cm³/mol. The maximum Gasteiger partial charge on any atom is 0.263 e. The third kappa shape index (κ3) is 6.45. The minimum absolute atomic E-state index is 0.0776. The van der Waals surface area contributed by atoms with Gasteiger partial charge in [-0.2, -0.15) is 5.26 Å². The van der Waals surface area contributed by atoms with Crippen molar-refractivity contribution in [2.75, 3.05) is 46.4 Å². The summed E-state index contributed by atoms with van der Waals surface area (Å²) in [6, 6.07) is 9.36. The van der Waals surface area contributed by atoms with E-state index in [4.69, 9.17) is 10.00 Å². The number of nitrogens with one attached hydrogen (secondary N) is 3. The topological polar surface area (TPSA) is 89.4 Å². The number of benzene rings is 1. The Balaban J connectivity index is 1.73. The Kier molecular flexibility index (Phi) is 7.76. The van der Waals surface area contributed by atoms with Crippen LogP contribution in [0.2, 0.25) is 0 Å². The molecule has 0 aliphatic carbocycles. The summed E-state index contributed by atoms with van der Waals surface area (Å²) < 4.78 is 5.09. The van der Waals surface area contributed by atoms with Crippen LogP contribution in [0.25, 0.3) is 0 Å². The highest BCUT2D eigenvalue weighted by Gasteiger charge is 2.10. The molecule has 1 aromatic carbocycles. The largest absolute Gasteiger partial charge is 0.497 e. The second-order valence-electron chi connectivity index (χ2n) is 5.75. The Morgan fingerprint density at radius 3 is 2.72 bits per heavy atom. The molecule has 1 saturated heterocycles. The van der Waals surface area contributed by atoms with Crippen LogP contribution in [0.4, 0.5) is 0 Å². The van der Waals surface area contributed by atoms with Crippen molar-refractivity contribution in [3.8, 4) is 11.8 Å². The summed E-state index contributed by atoms with van der Waals surface area (Å²) in [6.07, 6.45) is 1.49. The number of ether oxygens (including phenoxy) is 1.